The van der Waals surface area contributed by atoms with Gasteiger partial charge in [-0.1, -0.05) is 12.2 Å². The van der Waals surface area contributed by atoms with E-state index in [-0.39, 0.29) is 0 Å². The molecule has 0 aliphatic rings. The lowest BCUT2D eigenvalue weighted by atomic mass is 10.3. The van der Waals surface area contributed by atoms with Crippen LogP contribution in [0, 0.1) is 6.92 Å². The normalized spacial score (nSPS) is 10.7. The fourth-order valence-corrected chi connectivity index (χ4v) is 2.33. The van der Waals surface area contributed by atoms with E-state index in [0.717, 1.165) is 23.8 Å². The van der Waals surface area contributed by atoms with Crippen molar-refractivity contribution in [2.75, 3.05) is 11.4 Å². The minimum absolute atomic E-state index is 0.421. The molecule has 0 saturated carbocycles. The zero-order valence-electron chi connectivity index (χ0n) is 9.36. The maximum atomic E-state index is 5.51. The monoisotopic (exact) mass is 243 g/mol. The van der Waals surface area contributed by atoms with E-state index in [1.165, 1.54) is 0 Å². The Kier molecular flexibility index (Phi) is 4.47. The molecule has 0 spiro atoms. The summed E-state index contributed by atoms with van der Waals surface area (Å²) >= 11 is 6.56. The Labute approximate surface area is 100 Å². The molecule has 3 nitrogen and oxygen atoms in total. The maximum absolute atomic E-state index is 5.51. The molecule has 1 aromatic rings. The van der Waals surface area contributed by atoms with Crippen molar-refractivity contribution in [3.63, 3.8) is 0 Å². The minimum Gasteiger partial charge on any atom is -0.393 e. The number of rotatable bonds is 5. The van der Waals surface area contributed by atoms with Gasteiger partial charge in [0.2, 0.25) is 0 Å². The number of thiazole rings is 1. The number of thiocarbonyl (C=S) groups is 1. The number of nitrogens with two attached hydrogens (primary N) is 1. The van der Waals surface area contributed by atoms with Crippen LogP contribution in [0.15, 0.2) is 5.38 Å². The van der Waals surface area contributed by atoms with Crippen molar-refractivity contribution in [2.45, 2.75) is 33.2 Å². The lowest BCUT2D eigenvalue weighted by Crippen LogP contribution is -2.33. The van der Waals surface area contributed by atoms with Gasteiger partial charge in [-0.3, -0.25) is 0 Å². The molecule has 2 N–H and O–H groups in total. The molecular formula is C10H17N3S2. The van der Waals surface area contributed by atoms with Crippen molar-refractivity contribution < 1.29 is 0 Å². The van der Waals surface area contributed by atoms with Crippen LogP contribution in [0.25, 0.3) is 0 Å². The second-order valence-electron chi connectivity index (χ2n) is 3.77. The topological polar surface area (TPSA) is 42.1 Å². The lowest BCUT2D eigenvalue weighted by molar-refractivity contribution is 0.688. The molecule has 84 valence electrons. The van der Waals surface area contributed by atoms with Gasteiger partial charge >= 0.3 is 0 Å². The quantitative estimate of drug-likeness (QED) is 0.806. The van der Waals surface area contributed by atoms with Crippen LogP contribution >= 0.6 is 23.6 Å². The highest BCUT2D eigenvalue weighted by Gasteiger charge is 2.13. The van der Waals surface area contributed by atoms with Gasteiger partial charge < -0.3 is 10.6 Å². The molecule has 0 aromatic carbocycles. The van der Waals surface area contributed by atoms with E-state index >= 15 is 0 Å². The summed E-state index contributed by atoms with van der Waals surface area (Å²) in [5.74, 6) is 0. The summed E-state index contributed by atoms with van der Waals surface area (Å²) in [6.07, 6.45) is 0.742. The zero-order valence-corrected chi connectivity index (χ0v) is 11.0. The zero-order chi connectivity index (χ0) is 11.4. The number of aryl methyl sites for hydroxylation is 1. The second kappa shape index (κ2) is 5.42. The van der Waals surface area contributed by atoms with Crippen LogP contribution in [0.5, 0.6) is 0 Å². The van der Waals surface area contributed by atoms with E-state index < -0.39 is 0 Å². The first-order valence-corrected chi connectivity index (χ1v) is 6.26. The van der Waals surface area contributed by atoms with E-state index in [9.17, 15) is 0 Å². The Morgan fingerprint density at radius 3 is 2.73 bits per heavy atom. The molecule has 0 bridgehead atoms. The number of anilines is 1. The van der Waals surface area contributed by atoms with Gasteiger partial charge in [-0.25, -0.2) is 4.98 Å². The third-order valence-corrected chi connectivity index (χ3v) is 3.27. The minimum atomic E-state index is 0.421. The highest BCUT2D eigenvalue weighted by atomic mass is 32.1. The molecule has 15 heavy (non-hydrogen) atoms. The van der Waals surface area contributed by atoms with Crippen LogP contribution < -0.4 is 10.6 Å². The largest absolute Gasteiger partial charge is 0.393 e. The first-order chi connectivity index (χ1) is 7.00. The average molecular weight is 243 g/mol. The summed E-state index contributed by atoms with van der Waals surface area (Å²) in [6.45, 7) is 7.15. The van der Waals surface area contributed by atoms with E-state index in [2.05, 4.69) is 29.1 Å². The average Bonchev–Trinajstić information content (AvgIpc) is 2.51. The Morgan fingerprint density at radius 2 is 2.33 bits per heavy atom. The Balaban J connectivity index is 2.70. The summed E-state index contributed by atoms with van der Waals surface area (Å²) < 4.78 is 0. The Morgan fingerprint density at radius 1 is 1.67 bits per heavy atom. The van der Waals surface area contributed by atoms with Crippen molar-refractivity contribution in [2.24, 2.45) is 5.73 Å². The molecule has 0 saturated heterocycles. The standard InChI is InChI=1S/C10H17N3S2/c1-7(2)13(5-4-9(11)14)10-12-8(3)6-15-10/h6-7H,4-5H2,1-3H3,(H2,11,14). The van der Waals surface area contributed by atoms with Gasteiger partial charge in [-0.05, 0) is 20.8 Å². The molecule has 0 amide bonds. The number of hydrogen-bond donors (Lipinski definition) is 1. The SMILES string of the molecule is Cc1csc(N(CCC(N)=S)C(C)C)n1. The van der Waals surface area contributed by atoms with Crippen molar-refractivity contribution in [3.8, 4) is 0 Å². The molecule has 0 aliphatic heterocycles. The molecule has 0 radical (unpaired) electrons. The summed E-state index contributed by atoms with van der Waals surface area (Å²) in [6, 6.07) is 0.421. The Hall–Kier alpha value is -0.680. The van der Waals surface area contributed by atoms with E-state index in [4.69, 9.17) is 18.0 Å². The van der Waals surface area contributed by atoms with Crippen molar-refractivity contribution in [1.82, 2.24) is 4.98 Å². The highest BCUT2D eigenvalue weighted by Crippen LogP contribution is 2.22. The molecule has 0 unspecified atom stereocenters. The number of hydrogen-bond acceptors (Lipinski definition) is 4. The Bertz CT molecular complexity index is 333. The molecule has 1 aromatic heterocycles. The van der Waals surface area contributed by atoms with Gasteiger partial charge in [0.25, 0.3) is 0 Å². The van der Waals surface area contributed by atoms with E-state index in [0.29, 0.717) is 11.0 Å². The molecule has 1 rings (SSSR count). The van der Waals surface area contributed by atoms with Gasteiger partial charge in [-0.15, -0.1) is 11.3 Å². The molecular weight excluding hydrogens is 226 g/mol. The third kappa shape index (κ3) is 3.76. The lowest BCUT2D eigenvalue weighted by Gasteiger charge is -2.25. The third-order valence-electron chi connectivity index (χ3n) is 2.08. The summed E-state index contributed by atoms with van der Waals surface area (Å²) in [7, 11) is 0. The molecule has 5 heteroatoms. The fraction of sp³-hybridized carbons (Fsp3) is 0.600. The van der Waals surface area contributed by atoms with Gasteiger partial charge in [0, 0.05) is 24.4 Å². The van der Waals surface area contributed by atoms with Gasteiger partial charge in [0.1, 0.15) is 0 Å². The van der Waals surface area contributed by atoms with Crippen LogP contribution in [0.1, 0.15) is 26.0 Å². The summed E-state index contributed by atoms with van der Waals surface area (Å²) in [4.78, 5) is 7.27. The van der Waals surface area contributed by atoms with Gasteiger partial charge in [-0.2, -0.15) is 0 Å². The van der Waals surface area contributed by atoms with Crippen molar-refractivity contribution in [3.05, 3.63) is 11.1 Å². The van der Waals surface area contributed by atoms with E-state index in [1.54, 1.807) is 11.3 Å². The first-order valence-electron chi connectivity index (χ1n) is 4.97. The number of aromatic nitrogens is 1. The fourth-order valence-electron chi connectivity index (χ4n) is 1.28. The van der Waals surface area contributed by atoms with Gasteiger partial charge in [0.15, 0.2) is 5.13 Å². The second-order valence-corrected chi connectivity index (χ2v) is 5.14. The molecule has 0 fully saturated rings. The van der Waals surface area contributed by atoms with Crippen molar-refractivity contribution in [1.29, 1.82) is 0 Å². The van der Waals surface area contributed by atoms with Crippen LogP contribution in [-0.4, -0.2) is 22.6 Å². The molecule has 0 atom stereocenters. The van der Waals surface area contributed by atoms with Crippen LogP contribution in [0.3, 0.4) is 0 Å². The summed E-state index contributed by atoms with van der Waals surface area (Å²) in [5.41, 5.74) is 6.58. The smallest absolute Gasteiger partial charge is 0.185 e. The maximum Gasteiger partial charge on any atom is 0.185 e. The van der Waals surface area contributed by atoms with Crippen LogP contribution in [0.2, 0.25) is 0 Å². The van der Waals surface area contributed by atoms with E-state index in [1.807, 2.05) is 6.92 Å². The van der Waals surface area contributed by atoms with Crippen LogP contribution in [0.4, 0.5) is 5.13 Å². The van der Waals surface area contributed by atoms with Gasteiger partial charge in [0.05, 0.1) is 10.7 Å². The summed E-state index contributed by atoms with van der Waals surface area (Å²) in [5, 5.41) is 3.12. The predicted octanol–water partition coefficient (Wildman–Crippen LogP) is 2.34. The molecule has 1 heterocycles. The first kappa shape index (κ1) is 12.4. The van der Waals surface area contributed by atoms with Crippen LogP contribution in [-0.2, 0) is 0 Å². The highest BCUT2D eigenvalue weighted by molar-refractivity contribution is 7.80. The predicted molar refractivity (Wildman–Crippen MR) is 70.7 cm³/mol. The van der Waals surface area contributed by atoms with Crippen molar-refractivity contribution >= 4 is 33.7 Å². The molecule has 0 aliphatic carbocycles. The number of nitrogens with zero attached hydrogens (tertiary/aromatic N) is 2.